The molecule has 128 valence electrons. The second-order valence-electron chi connectivity index (χ2n) is 7.36. The van der Waals surface area contributed by atoms with Crippen molar-refractivity contribution in [3.63, 3.8) is 0 Å². The average Bonchev–Trinajstić information content (AvgIpc) is 3.25. The predicted molar refractivity (Wildman–Crippen MR) is 83.5 cm³/mol. The van der Waals surface area contributed by atoms with Gasteiger partial charge in [-0.15, -0.1) is 0 Å². The molecule has 3 fully saturated rings. The monoisotopic (exact) mass is 322 g/mol. The zero-order valence-corrected chi connectivity index (χ0v) is 13.5. The van der Waals surface area contributed by atoms with Crippen molar-refractivity contribution in [2.24, 2.45) is 23.7 Å². The van der Waals surface area contributed by atoms with Gasteiger partial charge in [0.15, 0.2) is 0 Å². The molecule has 0 aromatic heterocycles. The number of carbonyl (C=O) groups excluding carboxylic acids is 2. The Labute approximate surface area is 136 Å². The minimum atomic E-state index is -0.795. The number of hydrogen-bond donors (Lipinski definition) is 2. The van der Waals surface area contributed by atoms with E-state index in [-0.39, 0.29) is 29.6 Å². The number of aliphatic carboxylic acids is 1. The van der Waals surface area contributed by atoms with Gasteiger partial charge in [0.05, 0.1) is 11.8 Å². The molecule has 1 aliphatic heterocycles. The third-order valence-electron chi connectivity index (χ3n) is 5.50. The molecule has 0 aromatic carbocycles. The van der Waals surface area contributed by atoms with Gasteiger partial charge < -0.3 is 15.3 Å². The van der Waals surface area contributed by atoms with Crippen LogP contribution in [0.1, 0.15) is 44.9 Å². The van der Waals surface area contributed by atoms with E-state index in [0.717, 1.165) is 19.4 Å². The predicted octanol–water partition coefficient (Wildman–Crippen LogP) is 1.25. The van der Waals surface area contributed by atoms with E-state index in [9.17, 15) is 14.4 Å². The van der Waals surface area contributed by atoms with Gasteiger partial charge in [0.2, 0.25) is 11.8 Å². The highest BCUT2D eigenvalue weighted by molar-refractivity contribution is 5.83. The number of rotatable bonds is 5. The Kier molecular flexibility index (Phi) is 4.87. The molecule has 2 saturated carbocycles. The molecule has 1 unspecified atom stereocenters. The third kappa shape index (κ3) is 4.03. The zero-order valence-electron chi connectivity index (χ0n) is 13.5. The number of carboxylic acids is 1. The normalized spacial score (nSPS) is 31.0. The topological polar surface area (TPSA) is 86.7 Å². The summed E-state index contributed by atoms with van der Waals surface area (Å²) in [6, 6.07) is 0. The van der Waals surface area contributed by atoms with Crippen LogP contribution in [0.5, 0.6) is 0 Å². The maximum Gasteiger partial charge on any atom is 0.306 e. The van der Waals surface area contributed by atoms with Crippen LogP contribution in [-0.2, 0) is 14.4 Å². The molecule has 0 radical (unpaired) electrons. The molecule has 2 amide bonds. The summed E-state index contributed by atoms with van der Waals surface area (Å²) in [5, 5.41) is 12.1. The fourth-order valence-corrected chi connectivity index (χ4v) is 3.79. The van der Waals surface area contributed by atoms with Crippen molar-refractivity contribution in [1.29, 1.82) is 0 Å². The first-order chi connectivity index (χ1) is 11.0. The van der Waals surface area contributed by atoms with Crippen molar-refractivity contribution >= 4 is 17.8 Å². The number of carboxylic acid groups (broad SMARTS) is 1. The van der Waals surface area contributed by atoms with Gasteiger partial charge in [-0.1, -0.05) is 0 Å². The summed E-state index contributed by atoms with van der Waals surface area (Å²) in [5.41, 5.74) is 0. The maximum atomic E-state index is 12.6. The van der Waals surface area contributed by atoms with Crippen molar-refractivity contribution in [2.45, 2.75) is 44.9 Å². The lowest BCUT2D eigenvalue weighted by Gasteiger charge is -2.33. The largest absolute Gasteiger partial charge is 0.481 e. The third-order valence-corrected chi connectivity index (χ3v) is 5.50. The lowest BCUT2D eigenvalue weighted by Crippen LogP contribution is -2.47. The maximum absolute atomic E-state index is 12.6. The lowest BCUT2D eigenvalue weighted by molar-refractivity contribution is -0.142. The molecule has 2 N–H and O–H groups in total. The van der Waals surface area contributed by atoms with Crippen LogP contribution in [0, 0.1) is 23.7 Å². The fourth-order valence-electron chi connectivity index (χ4n) is 3.79. The molecule has 2 aliphatic carbocycles. The van der Waals surface area contributed by atoms with Crippen molar-refractivity contribution in [1.82, 2.24) is 10.2 Å². The molecule has 3 atom stereocenters. The van der Waals surface area contributed by atoms with Crippen LogP contribution in [0.25, 0.3) is 0 Å². The average molecular weight is 322 g/mol. The highest BCUT2D eigenvalue weighted by Crippen LogP contribution is 2.33. The minimum Gasteiger partial charge on any atom is -0.481 e. The van der Waals surface area contributed by atoms with E-state index >= 15 is 0 Å². The highest BCUT2D eigenvalue weighted by atomic mass is 16.4. The number of hydrogen-bond acceptors (Lipinski definition) is 3. The van der Waals surface area contributed by atoms with Gasteiger partial charge in [-0.25, -0.2) is 0 Å². The van der Waals surface area contributed by atoms with Crippen LogP contribution in [0.4, 0.5) is 0 Å². The molecule has 23 heavy (non-hydrogen) atoms. The quantitative estimate of drug-likeness (QED) is 0.797. The number of nitrogens with one attached hydrogen (secondary N) is 1. The van der Waals surface area contributed by atoms with E-state index in [2.05, 4.69) is 5.32 Å². The summed E-state index contributed by atoms with van der Waals surface area (Å²) < 4.78 is 0. The number of amides is 2. The van der Waals surface area contributed by atoms with Gasteiger partial charge in [-0.3, -0.25) is 14.4 Å². The second-order valence-corrected chi connectivity index (χ2v) is 7.36. The van der Waals surface area contributed by atoms with Crippen molar-refractivity contribution < 1.29 is 19.5 Å². The van der Waals surface area contributed by atoms with E-state index in [1.807, 2.05) is 0 Å². The summed E-state index contributed by atoms with van der Waals surface area (Å²) in [6.07, 6.45) is 5.80. The minimum absolute atomic E-state index is 0.0495. The SMILES string of the molecule is O=C(NCC1CC1)C1CCCN(C(=O)[C@H]2CC[C@@H](C(=O)O)C2)C1. The van der Waals surface area contributed by atoms with Crippen LogP contribution in [0.15, 0.2) is 0 Å². The summed E-state index contributed by atoms with van der Waals surface area (Å²) in [7, 11) is 0. The molecule has 1 heterocycles. The van der Waals surface area contributed by atoms with E-state index in [1.165, 1.54) is 12.8 Å². The first-order valence-corrected chi connectivity index (χ1v) is 8.84. The second kappa shape index (κ2) is 6.89. The zero-order chi connectivity index (χ0) is 16.4. The molecule has 3 rings (SSSR count). The lowest BCUT2D eigenvalue weighted by atomic mass is 9.95. The Morgan fingerprint density at radius 3 is 2.39 bits per heavy atom. The van der Waals surface area contributed by atoms with E-state index in [0.29, 0.717) is 38.3 Å². The Balaban J connectivity index is 1.50. The Bertz CT molecular complexity index is 489. The molecule has 0 bridgehead atoms. The molecule has 6 nitrogen and oxygen atoms in total. The number of piperidine rings is 1. The van der Waals surface area contributed by atoms with Crippen LogP contribution in [0.2, 0.25) is 0 Å². The van der Waals surface area contributed by atoms with Gasteiger partial charge in [-0.05, 0) is 50.9 Å². The first kappa shape index (κ1) is 16.3. The van der Waals surface area contributed by atoms with Gasteiger partial charge in [0, 0.05) is 25.6 Å². The fraction of sp³-hybridized carbons (Fsp3) is 0.824. The van der Waals surface area contributed by atoms with Gasteiger partial charge in [-0.2, -0.15) is 0 Å². The van der Waals surface area contributed by atoms with Crippen LogP contribution in [-0.4, -0.2) is 47.4 Å². The molecule has 0 aromatic rings. The molecular weight excluding hydrogens is 296 g/mol. The first-order valence-electron chi connectivity index (χ1n) is 8.84. The highest BCUT2D eigenvalue weighted by Gasteiger charge is 2.38. The summed E-state index contributed by atoms with van der Waals surface area (Å²) in [5.74, 6) is -0.681. The smallest absolute Gasteiger partial charge is 0.306 e. The summed E-state index contributed by atoms with van der Waals surface area (Å²) in [4.78, 5) is 37.7. The van der Waals surface area contributed by atoms with Crippen molar-refractivity contribution in [3.05, 3.63) is 0 Å². The summed E-state index contributed by atoms with van der Waals surface area (Å²) in [6.45, 7) is 1.95. The molecule has 0 spiro atoms. The number of carbonyl (C=O) groups is 3. The van der Waals surface area contributed by atoms with Crippen LogP contribution >= 0.6 is 0 Å². The van der Waals surface area contributed by atoms with E-state index in [1.54, 1.807) is 4.90 Å². The molecule has 1 saturated heterocycles. The van der Waals surface area contributed by atoms with Crippen molar-refractivity contribution in [2.75, 3.05) is 19.6 Å². The summed E-state index contributed by atoms with van der Waals surface area (Å²) >= 11 is 0. The molecule has 3 aliphatic rings. The van der Waals surface area contributed by atoms with E-state index in [4.69, 9.17) is 5.11 Å². The Morgan fingerprint density at radius 2 is 1.74 bits per heavy atom. The molecular formula is C17H26N2O4. The van der Waals surface area contributed by atoms with E-state index < -0.39 is 5.97 Å². The molecule has 6 heteroatoms. The number of likely N-dealkylation sites (tertiary alicyclic amines) is 1. The van der Waals surface area contributed by atoms with Crippen molar-refractivity contribution in [3.8, 4) is 0 Å². The number of nitrogens with zero attached hydrogens (tertiary/aromatic N) is 1. The van der Waals surface area contributed by atoms with Gasteiger partial charge >= 0.3 is 5.97 Å². The van der Waals surface area contributed by atoms with Gasteiger partial charge in [0.25, 0.3) is 0 Å². The van der Waals surface area contributed by atoms with Crippen LogP contribution in [0.3, 0.4) is 0 Å². The Hall–Kier alpha value is -1.59. The van der Waals surface area contributed by atoms with Gasteiger partial charge in [0.1, 0.15) is 0 Å². The Morgan fingerprint density at radius 1 is 1.00 bits per heavy atom. The standard InChI is InChI=1S/C17H26N2O4/c20-15(18-9-11-3-4-11)14-2-1-7-19(10-14)16(21)12-5-6-13(8-12)17(22)23/h11-14H,1-10H2,(H,18,20)(H,22,23)/t12-,13+,14?/m0/s1. The van der Waals surface area contributed by atoms with Crippen LogP contribution < -0.4 is 5.32 Å².